The molecule has 1 aliphatic rings. The number of anilines is 1. The van der Waals surface area contributed by atoms with Gasteiger partial charge in [0.25, 0.3) is 0 Å². The van der Waals surface area contributed by atoms with E-state index in [-0.39, 0.29) is 36.2 Å². The van der Waals surface area contributed by atoms with Gasteiger partial charge in [0.1, 0.15) is 0 Å². The minimum Gasteiger partial charge on any atom is -0.379 e. The van der Waals surface area contributed by atoms with Crippen LogP contribution in [0.25, 0.3) is 0 Å². The summed E-state index contributed by atoms with van der Waals surface area (Å²) >= 11 is 0. The molecule has 1 aliphatic heterocycles. The molecule has 0 unspecified atom stereocenters. The largest absolute Gasteiger partial charge is 0.379 e. The van der Waals surface area contributed by atoms with Gasteiger partial charge in [-0.15, -0.1) is 0 Å². The number of piperidine rings is 1. The van der Waals surface area contributed by atoms with Crippen LogP contribution in [0.2, 0.25) is 0 Å². The highest BCUT2D eigenvalue weighted by atomic mass is 16.5. The van der Waals surface area contributed by atoms with Gasteiger partial charge in [-0.25, -0.2) is 0 Å². The van der Waals surface area contributed by atoms with Crippen molar-refractivity contribution in [1.29, 1.82) is 0 Å². The molecule has 160 valence electrons. The Labute approximate surface area is 173 Å². The van der Waals surface area contributed by atoms with E-state index >= 15 is 0 Å². The molecule has 0 bridgehead atoms. The minimum absolute atomic E-state index is 0.00114. The highest BCUT2D eigenvalue weighted by molar-refractivity contribution is 6.04. The van der Waals surface area contributed by atoms with Gasteiger partial charge in [-0.05, 0) is 65.3 Å². The van der Waals surface area contributed by atoms with Crippen LogP contribution in [0, 0.1) is 5.92 Å². The number of rotatable bonds is 10. The van der Waals surface area contributed by atoms with Gasteiger partial charge in [-0.3, -0.25) is 19.3 Å². The number of ether oxygens (including phenoxy) is 1. The van der Waals surface area contributed by atoms with Crippen LogP contribution in [0.1, 0.15) is 50.4 Å². The first kappa shape index (κ1) is 23.0. The maximum atomic E-state index is 12.4. The van der Waals surface area contributed by atoms with E-state index < -0.39 is 0 Å². The van der Waals surface area contributed by atoms with Crippen LogP contribution < -0.4 is 10.6 Å². The van der Waals surface area contributed by atoms with E-state index in [0.717, 1.165) is 19.3 Å². The fraction of sp³-hybridized carbons (Fsp3) is 0.591. The van der Waals surface area contributed by atoms with Crippen LogP contribution >= 0.6 is 0 Å². The number of nitrogens with one attached hydrogen (secondary N) is 2. The molecular weight excluding hydrogens is 370 g/mol. The Kier molecular flexibility index (Phi) is 9.28. The smallest absolute Gasteiger partial charge is 0.238 e. The van der Waals surface area contributed by atoms with Crippen LogP contribution in [0.5, 0.6) is 0 Å². The van der Waals surface area contributed by atoms with Crippen molar-refractivity contribution in [2.45, 2.75) is 46.1 Å². The minimum atomic E-state index is -0.147. The molecule has 1 saturated heterocycles. The second-order valence-electron chi connectivity index (χ2n) is 7.76. The van der Waals surface area contributed by atoms with Crippen molar-refractivity contribution in [1.82, 2.24) is 10.2 Å². The molecular formula is C22H33N3O4. The normalized spacial score (nSPS) is 15.3. The van der Waals surface area contributed by atoms with E-state index in [9.17, 15) is 14.4 Å². The lowest BCUT2D eigenvalue weighted by molar-refractivity contribution is -0.126. The summed E-state index contributed by atoms with van der Waals surface area (Å²) in [7, 11) is 0. The van der Waals surface area contributed by atoms with Crippen LogP contribution in [-0.2, 0) is 14.3 Å². The summed E-state index contributed by atoms with van der Waals surface area (Å²) in [6.45, 7) is 8.42. The molecule has 0 aromatic heterocycles. The van der Waals surface area contributed by atoms with Crippen molar-refractivity contribution < 1.29 is 19.1 Å². The number of ketones is 1. The maximum Gasteiger partial charge on any atom is 0.238 e. The van der Waals surface area contributed by atoms with Crippen LogP contribution in [0.3, 0.4) is 0 Å². The van der Waals surface area contributed by atoms with Crippen molar-refractivity contribution in [2.75, 3.05) is 38.1 Å². The number of amides is 2. The molecule has 0 aliphatic carbocycles. The first-order valence-electron chi connectivity index (χ1n) is 10.4. The van der Waals surface area contributed by atoms with E-state index in [0.29, 0.717) is 37.5 Å². The predicted octanol–water partition coefficient (Wildman–Crippen LogP) is 2.47. The SMILES string of the molecule is CC(=O)c1ccccc1NC(=O)CN1CCC(C(=O)NCCCOC(C)C)CC1. The number of para-hydroxylation sites is 1. The summed E-state index contributed by atoms with van der Waals surface area (Å²) < 4.78 is 5.47. The van der Waals surface area contributed by atoms with Crippen LogP contribution in [-0.4, -0.2) is 61.4 Å². The quantitative estimate of drug-likeness (QED) is 0.463. The number of benzene rings is 1. The summed E-state index contributed by atoms with van der Waals surface area (Å²) in [5.41, 5.74) is 1.05. The first-order valence-corrected chi connectivity index (χ1v) is 10.4. The van der Waals surface area contributed by atoms with Crippen LogP contribution in [0.4, 0.5) is 5.69 Å². The highest BCUT2D eigenvalue weighted by Crippen LogP contribution is 2.18. The molecule has 29 heavy (non-hydrogen) atoms. The molecule has 0 spiro atoms. The molecule has 0 atom stereocenters. The fourth-order valence-corrected chi connectivity index (χ4v) is 3.39. The molecule has 0 radical (unpaired) electrons. The lowest BCUT2D eigenvalue weighted by atomic mass is 9.96. The fourth-order valence-electron chi connectivity index (χ4n) is 3.39. The summed E-state index contributed by atoms with van der Waals surface area (Å²) in [6, 6.07) is 7.01. The van der Waals surface area contributed by atoms with E-state index in [1.54, 1.807) is 24.3 Å². The maximum absolute atomic E-state index is 12.4. The number of carbonyl (C=O) groups excluding carboxylic acids is 3. The molecule has 2 amide bonds. The Balaban J connectivity index is 1.69. The molecule has 1 aromatic rings. The Hall–Kier alpha value is -2.25. The lowest BCUT2D eigenvalue weighted by Gasteiger charge is -2.30. The third-order valence-electron chi connectivity index (χ3n) is 4.98. The van der Waals surface area contributed by atoms with E-state index in [2.05, 4.69) is 10.6 Å². The molecule has 1 aromatic carbocycles. The average molecular weight is 404 g/mol. The number of carbonyl (C=O) groups is 3. The summed E-state index contributed by atoms with van der Waals surface area (Å²) in [5.74, 6) is -0.136. The average Bonchev–Trinajstić information content (AvgIpc) is 2.68. The molecule has 7 nitrogen and oxygen atoms in total. The van der Waals surface area contributed by atoms with E-state index in [1.165, 1.54) is 6.92 Å². The van der Waals surface area contributed by atoms with Crippen molar-refractivity contribution in [2.24, 2.45) is 5.92 Å². The molecule has 2 rings (SSSR count). The van der Waals surface area contributed by atoms with Gasteiger partial charge in [0, 0.05) is 24.6 Å². The second kappa shape index (κ2) is 11.7. The molecule has 1 fully saturated rings. The highest BCUT2D eigenvalue weighted by Gasteiger charge is 2.25. The van der Waals surface area contributed by atoms with Crippen molar-refractivity contribution >= 4 is 23.3 Å². The number of hydrogen-bond donors (Lipinski definition) is 2. The monoisotopic (exact) mass is 403 g/mol. The van der Waals surface area contributed by atoms with Gasteiger partial charge in [-0.1, -0.05) is 12.1 Å². The Morgan fingerprint density at radius 2 is 1.86 bits per heavy atom. The Morgan fingerprint density at radius 1 is 1.17 bits per heavy atom. The first-order chi connectivity index (χ1) is 13.9. The van der Waals surface area contributed by atoms with Crippen molar-refractivity contribution in [3.05, 3.63) is 29.8 Å². The zero-order chi connectivity index (χ0) is 21.2. The van der Waals surface area contributed by atoms with Gasteiger partial charge in [-0.2, -0.15) is 0 Å². The zero-order valence-corrected chi connectivity index (χ0v) is 17.7. The number of nitrogens with zero attached hydrogens (tertiary/aromatic N) is 1. The van der Waals surface area contributed by atoms with Gasteiger partial charge in [0.2, 0.25) is 11.8 Å². The Bertz CT molecular complexity index is 697. The van der Waals surface area contributed by atoms with Gasteiger partial charge < -0.3 is 15.4 Å². The second-order valence-corrected chi connectivity index (χ2v) is 7.76. The number of Topliss-reactive ketones (excluding diaryl/α,β-unsaturated/α-hetero) is 1. The van der Waals surface area contributed by atoms with Crippen molar-refractivity contribution in [3.8, 4) is 0 Å². The van der Waals surface area contributed by atoms with Gasteiger partial charge in [0.05, 0.1) is 18.3 Å². The van der Waals surface area contributed by atoms with E-state index in [4.69, 9.17) is 4.74 Å². The third kappa shape index (κ3) is 7.95. The van der Waals surface area contributed by atoms with E-state index in [1.807, 2.05) is 18.7 Å². The standard InChI is InChI=1S/C22H33N3O4/c1-16(2)29-14-6-11-23-22(28)18-9-12-25(13-10-18)15-21(27)24-20-8-5-4-7-19(20)17(3)26/h4-5,7-8,16,18H,6,9-15H2,1-3H3,(H,23,28)(H,24,27). The number of likely N-dealkylation sites (tertiary alicyclic amines) is 1. The van der Waals surface area contributed by atoms with Crippen LogP contribution in [0.15, 0.2) is 24.3 Å². The number of hydrogen-bond acceptors (Lipinski definition) is 5. The summed E-state index contributed by atoms with van der Waals surface area (Å²) in [6.07, 6.45) is 2.50. The van der Waals surface area contributed by atoms with Gasteiger partial charge in [0.15, 0.2) is 5.78 Å². The summed E-state index contributed by atoms with van der Waals surface area (Å²) in [5, 5.41) is 5.81. The zero-order valence-electron chi connectivity index (χ0n) is 17.7. The van der Waals surface area contributed by atoms with Crippen molar-refractivity contribution in [3.63, 3.8) is 0 Å². The lowest BCUT2D eigenvalue weighted by Crippen LogP contribution is -2.43. The van der Waals surface area contributed by atoms with Gasteiger partial charge >= 0.3 is 0 Å². The third-order valence-corrected chi connectivity index (χ3v) is 4.98. The Morgan fingerprint density at radius 3 is 2.52 bits per heavy atom. The topological polar surface area (TPSA) is 87.7 Å². The predicted molar refractivity (Wildman–Crippen MR) is 113 cm³/mol. The molecule has 1 heterocycles. The molecule has 7 heteroatoms. The molecule has 0 saturated carbocycles. The summed E-state index contributed by atoms with van der Waals surface area (Å²) in [4.78, 5) is 38.4. The molecule has 2 N–H and O–H groups in total.